The van der Waals surface area contributed by atoms with Crippen molar-refractivity contribution in [2.24, 2.45) is 0 Å². The smallest absolute Gasteiger partial charge is 0.0462 e. The summed E-state index contributed by atoms with van der Waals surface area (Å²) in [4.78, 5) is 0. The lowest BCUT2D eigenvalue weighted by Gasteiger charge is -1.48. The van der Waals surface area contributed by atoms with Gasteiger partial charge in [0.05, 0.1) is 0 Å². The Balaban J connectivity index is 0. The van der Waals surface area contributed by atoms with Gasteiger partial charge < -0.3 is 0 Å². The van der Waals surface area contributed by atoms with Crippen molar-refractivity contribution in [3.63, 3.8) is 0 Å². The molecule has 0 unspecified atom stereocenters. The summed E-state index contributed by atoms with van der Waals surface area (Å²) in [5, 5.41) is 6.50. The van der Waals surface area contributed by atoms with E-state index in [0.29, 0.717) is 0 Å². The third-order valence-electron chi connectivity index (χ3n) is 0. The van der Waals surface area contributed by atoms with Crippen LogP contribution >= 0.6 is 0 Å². The van der Waals surface area contributed by atoms with Gasteiger partial charge in [0.25, 0.3) is 0 Å². The second kappa shape index (κ2) is 90.1. The Morgan fingerprint density at radius 1 is 1.40 bits per heavy atom. The molecule has 0 aliphatic heterocycles. The highest BCUT2D eigenvalue weighted by Crippen LogP contribution is 1.56. The Bertz CT molecular complexity index is 14.9. The van der Waals surface area contributed by atoms with E-state index in [9.17, 15) is 0 Å². The van der Waals surface area contributed by atoms with Gasteiger partial charge in [-0.25, -0.2) is 5.26 Å². The molecule has 0 radical (unpaired) electrons. The van der Waals surface area contributed by atoms with Gasteiger partial charge in [0.15, 0.2) is 0 Å². The molecule has 30 valence electrons. The molecule has 0 aromatic carbocycles. The summed E-state index contributed by atoms with van der Waals surface area (Å²) >= 11 is 0. The first-order valence-corrected chi connectivity index (χ1v) is 1.67. The molecule has 0 aromatic rings. The van der Waals surface area contributed by atoms with Gasteiger partial charge in [-0.15, -0.1) is 0 Å². The van der Waals surface area contributed by atoms with Crippen LogP contribution in [0.3, 0.4) is 0 Å². The van der Waals surface area contributed by atoms with Crippen molar-refractivity contribution in [1.29, 1.82) is 5.26 Å². The van der Waals surface area contributed by atoms with E-state index in [1.165, 1.54) is 6.42 Å². The van der Waals surface area contributed by atoms with Gasteiger partial charge in [-0.3, -0.25) is 0 Å². The van der Waals surface area contributed by atoms with E-state index in [-0.39, 0.29) is 0 Å². The summed E-state index contributed by atoms with van der Waals surface area (Å²) < 4.78 is 0. The molecule has 0 heterocycles. The predicted octanol–water partition coefficient (Wildman–Crippen LogP) is 1.56. The summed E-state index contributed by atoms with van der Waals surface area (Å²) in [5.74, 6) is 0. The van der Waals surface area contributed by atoms with Gasteiger partial charge in [-0.1, -0.05) is 20.3 Å². The summed E-state index contributed by atoms with van der Waals surface area (Å²) in [7, 11) is 0. The van der Waals surface area contributed by atoms with Crippen molar-refractivity contribution in [3.05, 3.63) is 0 Å². The minimum absolute atomic E-state index is 1.25. The molecular weight excluding hydrogens is 62.1 g/mol. The molecule has 5 heavy (non-hydrogen) atoms. The molecule has 0 atom stereocenters. The first-order valence-electron chi connectivity index (χ1n) is 1.67. The number of hydrogen-bond donors (Lipinski definition) is 0. The molecule has 0 spiro atoms. The molecule has 0 aliphatic rings. The molecule has 0 saturated heterocycles. The highest BCUT2D eigenvalue weighted by molar-refractivity contribution is 4.03. The van der Waals surface area contributed by atoms with Crippen LogP contribution in [-0.2, 0) is 0 Å². The van der Waals surface area contributed by atoms with E-state index in [2.05, 4.69) is 20.4 Å². The maximum atomic E-state index is 6.50. The first-order chi connectivity index (χ1) is 2.41. The third kappa shape index (κ3) is 29.8. The Hall–Kier alpha value is -0.510. The molecule has 0 bridgehead atoms. The number of nitrogens with zero attached hydrogens (tertiary/aromatic N) is 1. The SMILES string of the molecule is C#N.CCC. The normalized spacial score (nSPS) is 4.00. The van der Waals surface area contributed by atoms with E-state index in [4.69, 9.17) is 5.26 Å². The first kappa shape index (κ1) is 8.82. The second-order valence-electron chi connectivity index (χ2n) is 0.707. The molecule has 0 aromatic heterocycles. The molecule has 0 aliphatic carbocycles. The molecule has 1 nitrogen and oxygen atoms in total. The highest BCUT2D eigenvalue weighted by Gasteiger charge is 1.35. The van der Waals surface area contributed by atoms with E-state index >= 15 is 0 Å². The minimum Gasteiger partial charge on any atom is -0.202 e. The zero-order chi connectivity index (χ0) is 4.71. The van der Waals surface area contributed by atoms with Crippen LogP contribution in [0.4, 0.5) is 0 Å². The van der Waals surface area contributed by atoms with Crippen LogP contribution in [0.25, 0.3) is 0 Å². The standard InChI is InChI=1S/C3H8.CHN/c1-3-2;1-2/h3H2,1-2H3;1H. The van der Waals surface area contributed by atoms with E-state index < -0.39 is 0 Å². The van der Waals surface area contributed by atoms with Crippen molar-refractivity contribution in [2.75, 3.05) is 0 Å². The van der Waals surface area contributed by atoms with Gasteiger partial charge in [0.1, 0.15) is 0 Å². The molecule has 0 rings (SSSR count). The second-order valence-corrected chi connectivity index (χ2v) is 0.707. The van der Waals surface area contributed by atoms with E-state index in [1.807, 2.05) is 0 Å². The van der Waals surface area contributed by atoms with Crippen LogP contribution in [0.1, 0.15) is 20.3 Å². The largest absolute Gasteiger partial charge is 0.202 e. The molecule has 1 heteroatoms. The van der Waals surface area contributed by atoms with Crippen LogP contribution in [-0.4, -0.2) is 0 Å². The summed E-state index contributed by atoms with van der Waals surface area (Å²) in [6, 6.07) is 0. The van der Waals surface area contributed by atoms with Crippen LogP contribution in [0, 0.1) is 11.8 Å². The fourth-order valence-electron chi connectivity index (χ4n) is 0. The topological polar surface area (TPSA) is 23.8 Å². The Morgan fingerprint density at radius 2 is 1.40 bits per heavy atom. The quantitative estimate of drug-likeness (QED) is 0.425. The molecule has 0 saturated carbocycles. The Labute approximate surface area is 33.2 Å². The van der Waals surface area contributed by atoms with Crippen molar-refractivity contribution in [3.8, 4) is 6.57 Å². The molecule has 0 N–H and O–H groups in total. The van der Waals surface area contributed by atoms with Crippen LogP contribution in [0.5, 0.6) is 0 Å². The maximum absolute atomic E-state index is 6.50. The number of hydrogen-bond acceptors (Lipinski definition) is 1. The summed E-state index contributed by atoms with van der Waals surface area (Å²) in [6.07, 6.45) is 1.25. The van der Waals surface area contributed by atoms with Crippen molar-refractivity contribution < 1.29 is 0 Å². The monoisotopic (exact) mass is 71.1 g/mol. The van der Waals surface area contributed by atoms with Crippen molar-refractivity contribution in [2.45, 2.75) is 20.3 Å². The van der Waals surface area contributed by atoms with Crippen molar-refractivity contribution in [1.82, 2.24) is 0 Å². The van der Waals surface area contributed by atoms with Gasteiger partial charge in [-0.05, 0) is 0 Å². The zero-order valence-corrected chi connectivity index (χ0v) is 3.73. The fraction of sp³-hybridized carbons (Fsp3) is 0.750. The minimum atomic E-state index is 1.25. The lowest BCUT2D eigenvalue weighted by Crippen LogP contribution is -1.27. The molecule has 0 amide bonds. The summed E-state index contributed by atoms with van der Waals surface area (Å²) in [6.45, 7) is 7.75. The third-order valence-corrected chi connectivity index (χ3v) is 0. The number of rotatable bonds is 0. The van der Waals surface area contributed by atoms with E-state index in [0.717, 1.165) is 0 Å². The number of nitriles is 1. The average molecular weight is 71.1 g/mol. The zero-order valence-electron chi connectivity index (χ0n) is 3.73. The lowest BCUT2D eigenvalue weighted by atomic mass is 10.6. The average Bonchev–Trinajstić information content (AvgIpc) is 1.46. The van der Waals surface area contributed by atoms with Gasteiger partial charge >= 0.3 is 0 Å². The Morgan fingerprint density at radius 3 is 1.40 bits per heavy atom. The van der Waals surface area contributed by atoms with Crippen LogP contribution in [0.15, 0.2) is 0 Å². The molecular formula is C4H9N. The predicted molar refractivity (Wildman–Crippen MR) is 22.6 cm³/mol. The van der Waals surface area contributed by atoms with Crippen LogP contribution < -0.4 is 0 Å². The fourth-order valence-corrected chi connectivity index (χ4v) is 0. The van der Waals surface area contributed by atoms with Crippen LogP contribution in [0.2, 0.25) is 0 Å². The van der Waals surface area contributed by atoms with Gasteiger partial charge in [0, 0.05) is 6.57 Å². The van der Waals surface area contributed by atoms with Gasteiger partial charge in [-0.2, -0.15) is 0 Å². The van der Waals surface area contributed by atoms with E-state index in [1.54, 1.807) is 0 Å². The molecule has 0 fully saturated rings. The van der Waals surface area contributed by atoms with Crippen molar-refractivity contribution >= 4 is 0 Å². The highest BCUT2D eigenvalue weighted by atomic mass is 14.2. The maximum Gasteiger partial charge on any atom is 0.0462 e. The van der Waals surface area contributed by atoms with Gasteiger partial charge in [0.2, 0.25) is 0 Å². The Kier molecular flexibility index (Phi) is 159. The summed E-state index contributed by atoms with van der Waals surface area (Å²) in [5.41, 5.74) is 0. The lowest BCUT2D eigenvalue weighted by molar-refractivity contribution is 1.09.